The van der Waals surface area contributed by atoms with Crippen molar-refractivity contribution in [3.8, 4) is 0 Å². The van der Waals surface area contributed by atoms with Crippen LogP contribution in [0.15, 0.2) is 35.5 Å². The molecule has 2 rings (SSSR count). The van der Waals surface area contributed by atoms with E-state index >= 15 is 0 Å². The van der Waals surface area contributed by atoms with Crippen LogP contribution in [0.3, 0.4) is 0 Å². The van der Waals surface area contributed by atoms with Gasteiger partial charge in [-0.05, 0) is 39.2 Å². The second kappa shape index (κ2) is 8.69. The van der Waals surface area contributed by atoms with Gasteiger partial charge in [0.2, 0.25) is 0 Å². The van der Waals surface area contributed by atoms with E-state index in [9.17, 15) is 9.59 Å². The number of oxime groups is 1. The number of benzene rings is 1. The first-order valence-corrected chi connectivity index (χ1v) is 8.79. The fraction of sp³-hybridized carbons (Fsp3) is 0.526. The van der Waals surface area contributed by atoms with Gasteiger partial charge >= 0.3 is 12.1 Å². The van der Waals surface area contributed by atoms with E-state index in [2.05, 4.69) is 5.16 Å². The molecule has 0 saturated carbocycles. The Hall–Kier alpha value is -2.57. The molecule has 142 valence electrons. The summed E-state index contributed by atoms with van der Waals surface area (Å²) in [5, 5.41) is 3.78. The van der Waals surface area contributed by atoms with E-state index in [1.807, 2.05) is 51.1 Å². The minimum Gasteiger partial charge on any atom is -0.444 e. The summed E-state index contributed by atoms with van der Waals surface area (Å²) in [6.45, 7) is 6.59. The second-order valence-electron chi connectivity index (χ2n) is 7.38. The molecule has 1 fully saturated rings. The Morgan fingerprint density at radius 3 is 2.38 bits per heavy atom. The largest absolute Gasteiger partial charge is 0.444 e. The van der Waals surface area contributed by atoms with Crippen LogP contribution < -0.4 is 5.73 Å². The minimum atomic E-state index is -0.513. The van der Waals surface area contributed by atoms with Crippen LogP contribution in [-0.4, -0.2) is 41.5 Å². The number of carbonyl (C=O) groups excluding carboxylic acids is 2. The summed E-state index contributed by atoms with van der Waals surface area (Å²) >= 11 is 0. The van der Waals surface area contributed by atoms with Crippen molar-refractivity contribution >= 4 is 17.9 Å². The van der Waals surface area contributed by atoms with Gasteiger partial charge in [-0.3, -0.25) is 0 Å². The van der Waals surface area contributed by atoms with Crippen molar-refractivity contribution < 1.29 is 19.2 Å². The van der Waals surface area contributed by atoms with E-state index in [0.717, 1.165) is 5.56 Å². The maximum atomic E-state index is 12.1. The third kappa shape index (κ3) is 6.38. The zero-order chi connectivity index (χ0) is 19.2. The van der Waals surface area contributed by atoms with Crippen molar-refractivity contribution in [3.63, 3.8) is 0 Å². The van der Waals surface area contributed by atoms with Crippen LogP contribution in [-0.2, 0) is 20.8 Å². The van der Waals surface area contributed by atoms with Crippen molar-refractivity contribution in [3.05, 3.63) is 35.9 Å². The molecule has 0 aliphatic carbocycles. The quantitative estimate of drug-likeness (QED) is 0.385. The van der Waals surface area contributed by atoms with E-state index in [-0.39, 0.29) is 24.3 Å². The summed E-state index contributed by atoms with van der Waals surface area (Å²) < 4.78 is 5.36. The lowest BCUT2D eigenvalue weighted by atomic mass is 9.96. The Kier molecular flexibility index (Phi) is 6.60. The van der Waals surface area contributed by atoms with Crippen LogP contribution in [0.25, 0.3) is 0 Å². The first-order valence-electron chi connectivity index (χ1n) is 8.79. The van der Waals surface area contributed by atoms with Crippen molar-refractivity contribution in [1.82, 2.24) is 4.90 Å². The highest BCUT2D eigenvalue weighted by atomic mass is 16.7. The highest BCUT2D eigenvalue weighted by Crippen LogP contribution is 2.20. The summed E-state index contributed by atoms with van der Waals surface area (Å²) in [6, 6.07) is 9.30. The summed E-state index contributed by atoms with van der Waals surface area (Å²) in [4.78, 5) is 30.5. The van der Waals surface area contributed by atoms with Gasteiger partial charge in [0.05, 0.1) is 6.42 Å². The van der Waals surface area contributed by atoms with Crippen molar-refractivity contribution in [2.45, 2.75) is 45.6 Å². The number of nitrogens with zero attached hydrogens (tertiary/aromatic N) is 2. The van der Waals surface area contributed by atoms with Crippen LogP contribution in [0.4, 0.5) is 4.79 Å². The standard InChI is InChI=1S/C19H27N3O4/c1-19(2,3)25-18(24)22-11-9-15(10-12-22)17(20)21-26-16(23)13-14-7-5-4-6-8-14/h4-8,15H,9-13H2,1-3H3,(H2,20,21). The van der Waals surface area contributed by atoms with E-state index < -0.39 is 11.6 Å². The molecule has 0 bridgehead atoms. The Morgan fingerprint density at radius 1 is 1.19 bits per heavy atom. The molecular weight excluding hydrogens is 334 g/mol. The van der Waals surface area contributed by atoms with Gasteiger partial charge in [0.25, 0.3) is 0 Å². The fourth-order valence-corrected chi connectivity index (χ4v) is 2.66. The average molecular weight is 361 g/mol. The van der Waals surface area contributed by atoms with Crippen LogP contribution in [0.5, 0.6) is 0 Å². The van der Waals surface area contributed by atoms with E-state index in [1.54, 1.807) is 4.90 Å². The maximum absolute atomic E-state index is 12.1. The minimum absolute atomic E-state index is 0.0155. The van der Waals surface area contributed by atoms with Gasteiger partial charge in [-0.15, -0.1) is 0 Å². The molecule has 26 heavy (non-hydrogen) atoms. The molecule has 7 heteroatoms. The summed E-state index contributed by atoms with van der Waals surface area (Å²) in [6.07, 6.45) is 1.14. The number of nitrogens with two attached hydrogens (primary N) is 1. The van der Waals surface area contributed by atoms with Crippen molar-refractivity contribution in [2.75, 3.05) is 13.1 Å². The molecule has 2 N–H and O–H groups in total. The van der Waals surface area contributed by atoms with E-state index in [0.29, 0.717) is 25.9 Å². The number of amidine groups is 1. The predicted octanol–water partition coefficient (Wildman–Crippen LogP) is 2.69. The Morgan fingerprint density at radius 2 is 1.81 bits per heavy atom. The molecule has 0 radical (unpaired) electrons. The lowest BCUT2D eigenvalue weighted by Crippen LogP contribution is -2.44. The third-order valence-electron chi connectivity index (χ3n) is 4.01. The van der Waals surface area contributed by atoms with Gasteiger partial charge in [-0.25, -0.2) is 9.59 Å². The molecule has 1 heterocycles. The molecule has 0 aromatic heterocycles. The smallest absolute Gasteiger partial charge is 0.410 e. The first-order chi connectivity index (χ1) is 12.2. The van der Waals surface area contributed by atoms with Crippen LogP contribution in [0.2, 0.25) is 0 Å². The summed E-state index contributed by atoms with van der Waals surface area (Å²) in [5.74, 6) is -0.182. The average Bonchev–Trinajstić information content (AvgIpc) is 2.59. The molecule has 1 saturated heterocycles. The van der Waals surface area contributed by atoms with Gasteiger partial charge in [-0.1, -0.05) is 35.5 Å². The molecule has 7 nitrogen and oxygen atoms in total. The Balaban J connectivity index is 1.78. The van der Waals surface area contributed by atoms with Crippen molar-refractivity contribution in [2.24, 2.45) is 16.8 Å². The van der Waals surface area contributed by atoms with E-state index in [1.165, 1.54) is 0 Å². The topological polar surface area (TPSA) is 94.2 Å². The number of ether oxygens (including phenoxy) is 1. The summed E-state index contributed by atoms with van der Waals surface area (Å²) in [7, 11) is 0. The third-order valence-corrected chi connectivity index (χ3v) is 4.01. The molecule has 0 spiro atoms. The molecule has 1 aromatic rings. The first kappa shape index (κ1) is 19.8. The van der Waals surface area contributed by atoms with Gasteiger partial charge in [-0.2, -0.15) is 0 Å². The predicted molar refractivity (Wildman–Crippen MR) is 98.4 cm³/mol. The number of amides is 1. The maximum Gasteiger partial charge on any atom is 0.410 e. The normalized spacial score (nSPS) is 16.3. The monoisotopic (exact) mass is 361 g/mol. The van der Waals surface area contributed by atoms with Crippen LogP contribution >= 0.6 is 0 Å². The Labute approximate surface area is 154 Å². The lowest BCUT2D eigenvalue weighted by molar-refractivity contribution is -0.142. The second-order valence-corrected chi connectivity index (χ2v) is 7.38. The highest BCUT2D eigenvalue weighted by Gasteiger charge is 2.28. The molecule has 0 unspecified atom stereocenters. The number of carbonyl (C=O) groups is 2. The molecule has 1 aromatic carbocycles. The molecule has 1 aliphatic rings. The van der Waals surface area contributed by atoms with Crippen LogP contribution in [0, 0.1) is 5.92 Å². The van der Waals surface area contributed by atoms with Gasteiger partial charge in [0.15, 0.2) is 0 Å². The molecule has 1 amide bonds. The fourth-order valence-electron chi connectivity index (χ4n) is 2.66. The molecular formula is C19H27N3O4. The molecule has 0 atom stereocenters. The number of likely N-dealkylation sites (tertiary alicyclic amines) is 1. The highest BCUT2D eigenvalue weighted by molar-refractivity contribution is 5.83. The number of hydrogen-bond donors (Lipinski definition) is 1. The van der Waals surface area contributed by atoms with Gasteiger partial charge in [0.1, 0.15) is 11.4 Å². The Bertz CT molecular complexity index is 644. The zero-order valence-corrected chi connectivity index (χ0v) is 15.6. The van der Waals surface area contributed by atoms with Gasteiger partial charge in [0, 0.05) is 19.0 Å². The van der Waals surface area contributed by atoms with E-state index in [4.69, 9.17) is 15.3 Å². The lowest BCUT2D eigenvalue weighted by Gasteiger charge is -2.32. The zero-order valence-electron chi connectivity index (χ0n) is 15.6. The molecule has 1 aliphatic heterocycles. The summed E-state index contributed by atoms with van der Waals surface area (Å²) in [5.41, 5.74) is 6.30. The number of hydrogen-bond acceptors (Lipinski definition) is 5. The van der Waals surface area contributed by atoms with Gasteiger partial charge < -0.3 is 20.2 Å². The van der Waals surface area contributed by atoms with Crippen molar-refractivity contribution in [1.29, 1.82) is 0 Å². The van der Waals surface area contributed by atoms with Crippen LogP contribution in [0.1, 0.15) is 39.2 Å². The number of rotatable bonds is 4. The SMILES string of the molecule is CC(C)(C)OC(=O)N1CCC(/C(N)=N/OC(=O)Cc2ccccc2)CC1. The number of piperidine rings is 1.